The van der Waals surface area contributed by atoms with Gasteiger partial charge in [0, 0.05) is 7.05 Å². The second kappa shape index (κ2) is 9.25. The number of carbonyl (C=O) groups is 1. The summed E-state index contributed by atoms with van der Waals surface area (Å²) >= 11 is 0. The van der Waals surface area contributed by atoms with Crippen molar-refractivity contribution in [2.75, 3.05) is 24.6 Å². The molecule has 7 heteroatoms. The number of benzene rings is 3. The highest BCUT2D eigenvalue weighted by Gasteiger charge is 2.21. The summed E-state index contributed by atoms with van der Waals surface area (Å²) in [5.74, 6) is 0.155. The normalized spacial score (nSPS) is 10.9. The zero-order chi connectivity index (χ0) is 20.7. The summed E-state index contributed by atoms with van der Waals surface area (Å²) in [4.78, 5) is 12.2. The standard InChI is InChI=1S/C22H21NO5S/c1-23(19-8-4-2-5-9-19)29(25,26)21-14-12-18(13-15-21)22(24)28-17-16-27-20-10-6-3-7-11-20/h2-15H,16-17H2,1H3. The van der Waals surface area contributed by atoms with Crippen LogP contribution in [-0.4, -0.2) is 34.6 Å². The molecule has 0 aromatic heterocycles. The number of anilines is 1. The monoisotopic (exact) mass is 411 g/mol. The van der Waals surface area contributed by atoms with Crippen molar-refractivity contribution >= 4 is 21.7 Å². The topological polar surface area (TPSA) is 72.9 Å². The lowest BCUT2D eigenvalue weighted by Crippen LogP contribution is -2.26. The minimum Gasteiger partial charge on any atom is -0.490 e. The Morgan fingerprint density at radius 2 is 1.41 bits per heavy atom. The highest BCUT2D eigenvalue weighted by molar-refractivity contribution is 7.92. The summed E-state index contributed by atoms with van der Waals surface area (Å²) in [7, 11) is -2.24. The fraction of sp³-hybridized carbons (Fsp3) is 0.136. The van der Waals surface area contributed by atoms with E-state index in [0.29, 0.717) is 11.4 Å². The van der Waals surface area contributed by atoms with Crippen molar-refractivity contribution in [1.82, 2.24) is 0 Å². The Labute approximate surface area is 170 Å². The van der Waals surface area contributed by atoms with E-state index in [1.807, 2.05) is 36.4 Å². The quantitative estimate of drug-likeness (QED) is 0.417. The van der Waals surface area contributed by atoms with E-state index < -0.39 is 16.0 Å². The molecule has 0 unspecified atom stereocenters. The SMILES string of the molecule is CN(c1ccccc1)S(=O)(=O)c1ccc(C(=O)OCCOc2ccccc2)cc1. The summed E-state index contributed by atoms with van der Waals surface area (Å²) in [5.41, 5.74) is 0.820. The third-order valence-electron chi connectivity index (χ3n) is 4.20. The van der Waals surface area contributed by atoms with Crippen molar-refractivity contribution in [1.29, 1.82) is 0 Å². The molecule has 0 aliphatic rings. The van der Waals surface area contributed by atoms with E-state index in [4.69, 9.17) is 9.47 Å². The molecule has 0 saturated heterocycles. The van der Waals surface area contributed by atoms with Gasteiger partial charge in [-0.25, -0.2) is 13.2 Å². The van der Waals surface area contributed by atoms with Gasteiger partial charge in [-0.1, -0.05) is 36.4 Å². The number of para-hydroxylation sites is 2. The average molecular weight is 411 g/mol. The number of hydrogen-bond donors (Lipinski definition) is 0. The van der Waals surface area contributed by atoms with Crippen molar-refractivity contribution in [2.24, 2.45) is 0 Å². The first-order valence-electron chi connectivity index (χ1n) is 8.97. The number of sulfonamides is 1. The van der Waals surface area contributed by atoms with Crippen LogP contribution in [0, 0.1) is 0 Å². The molecule has 0 spiro atoms. The molecule has 3 rings (SSSR count). The summed E-state index contributed by atoms with van der Waals surface area (Å²) in [6, 6.07) is 23.6. The molecule has 0 bridgehead atoms. The van der Waals surface area contributed by atoms with Gasteiger partial charge in [0.2, 0.25) is 0 Å². The van der Waals surface area contributed by atoms with Gasteiger partial charge in [-0.05, 0) is 48.5 Å². The Hall–Kier alpha value is -3.32. The van der Waals surface area contributed by atoms with Gasteiger partial charge < -0.3 is 9.47 Å². The van der Waals surface area contributed by atoms with Gasteiger partial charge in [0.1, 0.15) is 19.0 Å². The highest BCUT2D eigenvalue weighted by Crippen LogP contribution is 2.22. The number of carbonyl (C=O) groups excluding carboxylic acids is 1. The van der Waals surface area contributed by atoms with E-state index in [0.717, 1.165) is 0 Å². The van der Waals surface area contributed by atoms with Crippen LogP contribution in [0.5, 0.6) is 5.75 Å². The van der Waals surface area contributed by atoms with E-state index in [-0.39, 0.29) is 23.7 Å². The minimum absolute atomic E-state index is 0.0878. The maximum absolute atomic E-state index is 12.8. The van der Waals surface area contributed by atoms with E-state index in [2.05, 4.69) is 0 Å². The third-order valence-corrected chi connectivity index (χ3v) is 6.00. The molecule has 0 amide bonds. The second-order valence-corrected chi connectivity index (χ2v) is 8.10. The van der Waals surface area contributed by atoms with E-state index in [1.165, 1.54) is 35.6 Å². The smallest absolute Gasteiger partial charge is 0.338 e. The Morgan fingerprint density at radius 3 is 2.03 bits per heavy atom. The summed E-state index contributed by atoms with van der Waals surface area (Å²) in [6.07, 6.45) is 0. The van der Waals surface area contributed by atoms with Crippen LogP contribution in [-0.2, 0) is 14.8 Å². The molecule has 29 heavy (non-hydrogen) atoms. The van der Waals surface area contributed by atoms with Gasteiger partial charge in [-0.2, -0.15) is 0 Å². The number of hydrogen-bond acceptors (Lipinski definition) is 5. The van der Waals surface area contributed by atoms with Gasteiger partial charge in [-0.3, -0.25) is 4.31 Å². The van der Waals surface area contributed by atoms with Crippen LogP contribution in [0.2, 0.25) is 0 Å². The molecule has 0 aliphatic carbocycles. The Kier molecular flexibility index (Phi) is 6.51. The van der Waals surface area contributed by atoms with Gasteiger partial charge in [-0.15, -0.1) is 0 Å². The molecule has 3 aromatic rings. The molecule has 0 aliphatic heterocycles. The predicted molar refractivity (Wildman–Crippen MR) is 111 cm³/mol. The second-order valence-electron chi connectivity index (χ2n) is 6.13. The molecule has 0 saturated carbocycles. The van der Waals surface area contributed by atoms with Gasteiger partial charge in [0.15, 0.2) is 0 Å². The van der Waals surface area contributed by atoms with Crippen LogP contribution in [0.15, 0.2) is 89.8 Å². The molecule has 0 atom stereocenters. The Balaban J connectivity index is 1.58. The van der Waals surface area contributed by atoms with E-state index in [9.17, 15) is 13.2 Å². The number of nitrogens with zero attached hydrogens (tertiary/aromatic N) is 1. The number of rotatable bonds is 8. The lowest BCUT2D eigenvalue weighted by atomic mass is 10.2. The zero-order valence-electron chi connectivity index (χ0n) is 15.9. The van der Waals surface area contributed by atoms with Crippen molar-refractivity contribution in [3.05, 3.63) is 90.5 Å². The maximum atomic E-state index is 12.8. The lowest BCUT2D eigenvalue weighted by Gasteiger charge is -2.19. The average Bonchev–Trinajstić information content (AvgIpc) is 2.77. The molecule has 0 fully saturated rings. The van der Waals surface area contributed by atoms with Gasteiger partial charge >= 0.3 is 5.97 Å². The molecular formula is C22H21NO5S. The predicted octanol–water partition coefficient (Wildman–Crippen LogP) is 3.75. The minimum atomic E-state index is -3.72. The van der Waals surface area contributed by atoms with Crippen LogP contribution in [0.4, 0.5) is 5.69 Å². The van der Waals surface area contributed by atoms with Crippen molar-refractivity contribution < 1.29 is 22.7 Å². The molecule has 6 nitrogen and oxygen atoms in total. The molecule has 0 heterocycles. The van der Waals surface area contributed by atoms with E-state index in [1.54, 1.807) is 24.3 Å². The lowest BCUT2D eigenvalue weighted by molar-refractivity contribution is 0.0450. The Morgan fingerprint density at radius 1 is 0.828 bits per heavy atom. The van der Waals surface area contributed by atoms with Gasteiger partial charge in [0.05, 0.1) is 16.1 Å². The highest BCUT2D eigenvalue weighted by atomic mass is 32.2. The van der Waals surface area contributed by atoms with Gasteiger partial charge in [0.25, 0.3) is 10.0 Å². The van der Waals surface area contributed by atoms with Crippen LogP contribution < -0.4 is 9.04 Å². The summed E-state index contributed by atoms with van der Waals surface area (Å²) in [6.45, 7) is 0.314. The first-order chi connectivity index (χ1) is 14.0. The maximum Gasteiger partial charge on any atom is 0.338 e. The largest absolute Gasteiger partial charge is 0.490 e. The van der Waals surface area contributed by atoms with Crippen LogP contribution in [0.3, 0.4) is 0 Å². The summed E-state index contributed by atoms with van der Waals surface area (Å²) in [5, 5.41) is 0. The van der Waals surface area contributed by atoms with Crippen LogP contribution >= 0.6 is 0 Å². The number of esters is 1. The molecular weight excluding hydrogens is 390 g/mol. The first kappa shape index (κ1) is 20.4. The third kappa shape index (κ3) is 5.14. The fourth-order valence-corrected chi connectivity index (χ4v) is 3.79. The molecule has 150 valence electrons. The molecule has 0 radical (unpaired) electrons. The molecule has 0 N–H and O–H groups in total. The number of ether oxygens (including phenoxy) is 2. The van der Waals surface area contributed by atoms with Crippen molar-refractivity contribution in [3.8, 4) is 5.75 Å². The summed E-state index contributed by atoms with van der Waals surface area (Å²) < 4.78 is 37.3. The fourth-order valence-electron chi connectivity index (χ4n) is 2.59. The Bertz CT molecular complexity index is 1040. The van der Waals surface area contributed by atoms with Crippen LogP contribution in [0.25, 0.3) is 0 Å². The van der Waals surface area contributed by atoms with Crippen molar-refractivity contribution in [2.45, 2.75) is 4.90 Å². The first-order valence-corrected chi connectivity index (χ1v) is 10.4. The van der Waals surface area contributed by atoms with Crippen molar-refractivity contribution in [3.63, 3.8) is 0 Å². The zero-order valence-corrected chi connectivity index (χ0v) is 16.7. The van der Waals surface area contributed by atoms with Crippen LogP contribution in [0.1, 0.15) is 10.4 Å². The van der Waals surface area contributed by atoms with E-state index >= 15 is 0 Å². The molecule has 3 aromatic carbocycles.